The number of piperazine rings is 1. The average Bonchev–Trinajstić information content (AvgIpc) is 3.38. The fourth-order valence-corrected chi connectivity index (χ4v) is 5.36. The number of imidazole rings is 1. The molecule has 4 aromatic rings. The Bertz CT molecular complexity index is 1330. The molecule has 188 valence electrons. The number of carbonyl (C=O) groups is 1. The van der Waals surface area contributed by atoms with Gasteiger partial charge < -0.3 is 14.2 Å². The van der Waals surface area contributed by atoms with E-state index < -0.39 is 0 Å². The van der Waals surface area contributed by atoms with E-state index in [1.807, 2.05) is 59.6 Å². The molecule has 0 N–H and O–H groups in total. The Morgan fingerprint density at radius 3 is 2.24 bits per heavy atom. The van der Waals surface area contributed by atoms with Crippen molar-refractivity contribution in [1.82, 2.24) is 19.4 Å². The summed E-state index contributed by atoms with van der Waals surface area (Å²) in [6.07, 6.45) is 3.87. The molecule has 0 saturated carbocycles. The third kappa shape index (κ3) is 5.44. The molecule has 6 heteroatoms. The van der Waals surface area contributed by atoms with Crippen molar-refractivity contribution in [2.24, 2.45) is 0 Å². The predicted octanol–water partition coefficient (Wildman–Crippen LogP) is 5.36. The van der Waals surface area contributed by atoms with Crippen molar-refractivity contribution in [3.63, 3.8) is 0 Å². The number of carbonyl (C=O) groups excluding carboxylic acids is 1. The van der Waals surface area contributed by atoms with Gasteiger partial charge in [0, 0.05) is 57.8 Å². The average molecular weight is 493 g/mol. The van der Waals surface area contributed by atoms with Crippen LogP contribution in [0.2, 0.25) is 0 Å². The summed E-state index contributed by atoms with van der Waals surface area (Å²) in [6, 6.07) is 28.8. The largest absolute Gasteiger partial charge is 0.457 e. The highest BCUT2D eigenvalue weighted by atomic mass is 16.5. The fourth-order valence-electron chi connectivity index (χ4n) is 5.36. The van der Waals surface area contributed by atoms with Crippen molar-refractivity contribution in [3.8, 4) is 11.5 Å². The van der Waals surface area contributed by atoms with Crippen molar-refractivity contribution in [2.45, 2.75) is 31.8 Å². The molecule has 1 fully saturated rings. The second kappa shape index (κ2) is 10.6. The van der Waals surface area contributed by atoms with Gasteiger partial charge in [-0.15, -0.1) is 0 Å². The van der Waals surface area contributed by atoms with Crippen LogP contribution in [0.25, 0.3) is 0 Å². The van der Waals surface area contributed by atoms with E-state index in [0.717, 1.165) is 69.4 Å². The highest BCUT2D eigenvalue weighted by Crippen LogP contribution is 2.31. The lowest BCUT2D eigenvalue weighted by Gasteiger charge is -2.34. The fraction of sp³-hybridized carbons (Fsp3) is 0.290. The van der Waals surface area contributed by atoms with Gasteiger partial charge in [-0.1, -0.05) is 60.7 Å². The van der Waals surface area contributed by atoms with Crippen LogP contribution < -0.4 is 4.74 Å². The molecule has 1 aromatic heterocycles. The maximum atomic E-state index is 13.2. The first-order valence-electron chi connectivity index (χ1n) is 13.2. The Morgan fingerprint density at radius 1 is 0.838 bits per heavy atom. The van der Waals surface area contributed by atoms with Gasteiger partial charge in [0.25, 0.3) is 5.91 Å². The van der Waals surface area contributed by atoms with Gasteiger partial charge in [-0.2, -0.15) is 0 Å². The van der Waals surface area contributed by atoms with Crippen LogP contribution in [0.15, 0.2) is 91.1 Å². The zero-order valence-electron chi connectivity index (χ0n) is 21.0. The minimum Gasteiger partial charge on any atom is -0.457 e. The van der Waals surface area contributed by atoms with E-state index in [2.05, 4.69) is 45.9 Å². The molecule has 1 saturated heterocycles. The van der Waals surface area contributed by atoms with Gasteiger partial charge in [0.2, 0.25) is 0 Å². The van der Waals surface area contributed by atoms with E-state index in [4.69, 9.17) is 9.72 Å². The molecule has 0 radical (unpaired) electrons. The Kier molecular flexibility index (Phi) is 6.74. The van der Waals surface area contributed by atoms with Crippen LogP contribution in [-0.2, 0) is 19.5 Å². The molecule has 37 heavy (non-hydrogen) atoms. The number of hydrogen-bond acceptors (Lipinski definition) is 4. The van der Waals surface area contributed by atoms with E-state index in [1.165, 1.54) is 11.1 Å². The number of ether oxygens (including phenoxy) is 1. The second-order valence-corrected chi connectivity index (χ2v) is 9.97. The van der Waals surface area contributed by atoms with Crippen LogP contribution in [0.4, 0.5) is 0 Å². The number of rotatable bonds is 6. The second-order valence-electron chi connectivity index (χ2n) is 9.97. The smallest absolute Gasteiger partial charge is 0.274 e. The summed E-state index contributed by atoms with van der Waals surface area (Å²) in [7, 11) is 0. The van der Waals surface area contributed by atoms with Gasteiger partial charge in [-0.3, -0.25) is 9.69 Å². The standard InChI is InChI=1S/C31H32N4O2/c36-31(34-19-17-33(18-20-34)21-24-7-3-1-4-8-24)29-23-35-22-26(13-16-30(35)32-29)25-11-14-28(15-12-25)37-27-9-5-2-6-10-27/h1-12,14-15,23,26H,13,16-22H2/t26-/m0/s1. The molecule has 6 nitrogen and oxygen atoms in total. The van der Waals surface area contributed by atoms with Gasteiger partial charge in [0.05, 0.1) is 0 Å². The molecule has 6 rings (SSSR count). The van der Waals surface area contributed by atoms with Crippen LogP contribution >= 0.6 is 0 Å². The maximum Gasteiger partial charge on any atom is 0.274 e. The molecule has 0 aliphatic carbocycles. The molecule has 2 aliphatic rings. The zero-order valence-corrected chi connectivity index (χ0v) is 21.0. The van der Waals surface area contributed by atoms with E-state index >= 15 is 0 Å². The first-order chi connectivity index (χ1) is 18.2. The van der Waals surface area contributed by atoms with Gasteiger partial charge in [0.1, 0.15) is 23.0 Å². The molecule has 0 bridgehead atoms. The van der Waals surface area contributed by atoms with Crippen molar-refractivity contribution in [1.29, 1.82) is 0 Å². The lowest BCUT2D eigenvalue weighted by atomic mass is 9.91. The number of amides is 1. The molecule has 3 heterocycles. The highest BCUT2D eigenvalue weighted by molar-refractivity contribution is 5.92. The predicted molar refractivity (Wildman–Crippen MR) is 144 cm³/mol. The summed E-state index contributed by atoms with van der Waals surface area (Å²) < 4.78 is 8.12. The number of nitrogens with zero attached hydrogens (tertiary/aromatic N) is 4. The normalized spacial score (nSPS) is 17.8. The van der Waals surface area contributed by atoms with Crippen LogP contribution in [0.3, 0.4) is 0 Å². The van der Waals surface area contributed by atoms with E-state index in [1.54, 1.807) is 0 Å². The Labute approximate surface area is 218 Å². The molecule has 3 aromatic carbocycles. The first kappa shape index (κ1) is 23.5. The first-order valence-corrected chi connectivity index (χ1v) is 13.2. The Morgan fingerprint density at radius 2 is 1.51 bits per heavy atom. The highest BCUT2D eigenvalue weighted by Gasteiger charge is 2.27. The molecule has 0 unspecified atom stereocenters. The number of hydrogen-bond donors (Lipinski definition) is 0. The SMILES string of the molecule is O=C(c1cn2c(n1)CC[C@H](c1ccc(Oc3ccccc3)cc1)C2)N1CCN(Cc2ccccc2)CC1. The molecule has 1 amide bonds. The van der Waals surface area contributed by atoms with Gasteiger partial charge in [-0.05, 0) is 41.8 Å². The zero-order chi connectivity index (χ0) is 25.0. The monoisotopic (exact) mass is 492 g/mol. The van der Waals surface area contributed by atoms with E-state index in [0.29, 0.717) is 11.6 Å². The van der Waals surface area contributed by atoms with Crippen LogP contribution in [0, 0.1) is 0 Å². The Hall–Kier alpha value is -3.90. The summed E-state index contributed by atoms with van der Waals surface area (Å²) in [6.45, 7) is 5.05. The minimum atomic E-state index is 0.0558. The summed E-state index contributed by atoms with van der Waals surface area (Å²) in [4.78, 5) is 22.4. The van der Waals surface area contributed by atoms with Crippen molar-refractivity contribution >= 4 is 5.91 Å². The van der Waals surface area contributed by atoms with Crippen LogP contribution in [-0.4, -0.2) is 51.4 Å². The lowest BCUT2D eigenvalue weighted by molar-refractivity contribution is 0.0623. The lowest BCUT2D eigenvalue weighted by Crippen LogP contribution is -2.48. The van der Waals surface area contributed by atoms with Crippen molar-refractivity contribution < 1.29 is 9.53 Å². The van der Waals surface area contributed by atoms with Gasteiger partial charge in [0.15, 0.2) is 0 Å². The number of aromatic nitrogens is 2. The quantitative estimate of drug-likeness (QED) is 0.363. The topological polar surface area (TPSA) is 50.6 Å². The number of benzene rings is 3. The molecule has 1 atom stereocenters. The van der Waals surface area contributed by atoms with Crippen molar-refractivity contribution in [3.05, 3.63) is 114 Å². The number of aryl methyl sites for hydroxylation is 1. The summed E-state index contributed by atoms with van der Waals surface area (Å²) in [5, 5.41) is 0. The Balaban J connectivity index is 1.05. The molecule has 0 spiro atoms. The van der Waals surface area contributed by atoms with Gasteiger partial charge in [-0.25, -0.2) is 4.98 Å². The number of para-hydroxylation sites is 1. The molecular formula is C31H32N4O2. The van der Waals surface area contributed by atoms with E-state index in [9.17, 15) is 4.79 Å². The van der Waals surface area contributed by atoms with Crippen LogP contribution in [0.1, 0.15) is 39.8 Å². The van der Waals surface area contributed by atoms with Gasteiger partial charge >= 0.3 is 0 Å². The van der Waals surface area contributed by atoms with E-state index in [-0.39, 0.29) is 5.91 Å². The number of fused-ring (bicyclic) bond motifs is 1. The van der Waals surface area contributed by atoms with Crippen molar-refractivity contribution in [2.75, 3.05) is 26.2 Å². The molecular weight excluding hydrogens is 460 g/mol. The molecule has 2 aliphatic heterocycles. The third-order valence-corrected chi connectivity index (χ3v) is 7.45. The summed E-state index contributed by atoms with van der Waals surface area (Å²) in [5.74, 6) is 3.15. The summed E-state index contributed by atoms with van der Waals surface area (Å²) in [5.41, 5.74) is 3.19. The minimum absolute atomic E-state index is 0.0558. The summed E-state index contributed by atoms with van der Waals surface area (Å²) >= 11 is 0. The van der Waals surface area contributed by atoms with Crippen LogP contribution in [0.5, 0.6) is 11.5 Å². The maximum absolute atomic E-state index is 13.2. The third-order valence-electron chi connectivity index (χ3n) is 7.45.